The molecule has 1 amide bonds. The van der Waals surface area contributed by atoms with Crippen LogP contribution in [0.4, 0.5) is 5.69 Å². The molecule has 0 radical (unpaired) electrons. The molecule has 2 rings (SSSR count). The largest absolute Gasteiger partial charge is 0.381 e. The number of pyridine rings is 1. The van der Waals surface area contributed by atoms with Gasteiger partial charge in [0, 0.05) is 25.0 Å². The van der Waals surface area contributed by atoms with E-state index in [4.69, 9.17) is 0 Å². The molecule has 1 aromatic heterocycles. The second-order valence-corrected chi connectivity index (χ2v) is 4.57. The molecule has 0 aliphatic heterocycles. The number of nitrogens with zero attached hydrogens (tertiary/aromatic N) is 1. The second kappa shape index (κ2) is 6.70. The zero-order valence-electron chi connectivity index (χ0n) is 11.8. The third-order valence-electron chi connectivity index (χ3n) is 3.07. The Kier molecular flexibility index (Phi) is 4.71. The molecule has 0 bridgehead atoms. The highest BCUT2D eigenvalue weighted by Gasteiger charge is 2.06. The number of aryl methyl sites for hydroxylation is 1. The van der Waals surface area contributed by atoms with Gasteiger partial charge in [-0.05, 0) is 37.1 Å². The lowest BCUT2D eigenvalue weighted by Gasteiger charge is -2.09. The molecule has 2 aromatic rings. The summed E-state index contributed by atoms with van der Waals surface area (Å²) < 4.78 is 0. The maximum atomic E-state index is 11.7. The van der Waals surface area contributed by atoms with Crippen molar-refractivity contribution >= 4 is 11.6 Å². The van der Waals surface area contributed by atoms with Crippen molar-refractivity contribution in [2.24, 2.45) is 0 Å². The van der Waals surface area contributed by atoms with Crippen LogP contribution in [0.5, 0.6) is 0 Å². The summed E-state index contributed by atoms with van der Waals surface area (Å²) in [5, 5.41) is 6.06. The molecule has 0 saturated carbocycles. The lowest BCUT2D eigenvalue weighted by molar-refractivity contribution is 0.0951. The Labute approximate surface area is 119 Å². The summed E-state index contributed by atoms with van der Waals surface area (Å²) in [5.74, 6) is -0.146. The number of rotatable bonds is 5. The van der Waals surface area contributed by atoms with Gasteiger partial charge in [-0.2, -0.15) is 0 Å². The molecular weight excluding hydrogens is 250 g/mol. The molecule has 1 aromatic carbocycles. The average Bonchev–Trinajstić information content (AvgIpc) is 2.47. The standard InChI is InChI=1S/C16H19N3O/c1-3-17-16(20)15-10-14(8-9-18-15)19-11-13-7-5-4-6-12(13)2/h4-10H,3,11H2,1-2H3,(H,17,20)(H,18,19). The van der Waals surface area contributed by atoms with E-state index < -0.39 is 0 Å². The number of benzene rings is 1. The molecule has 0 aliphatic rings. The zero-order valence-corrected chi connectivity index (χ0v) is 11.8. The van der Waals surface area contributed by atoms with E-state index in [2.05, 4.69) is 34.7 Å². The van der Waals surface area contributed by atoms with Crippen LogP contribution >= 0.6 is 0 Å². The molecule has 20 heavy (non-hydrogen) atoms. The lowest BCUT2D eigenvalue weighted by Crippen LogP contribution is -2.23. The van der Waals surface area contributed by atoms with Crippen molar-refractivity contribution < 1.29 is 4.79 Å². The van der Waals surface area contributed by atoms with Crippen molar-refractivity contribution in [2.75, 3.05) is 11.9 Å². The van der Waals surface area contributed by atoms with E-state index in [0.29, 0.717) is 12.2 Å². The summed E-state index contributed by atoms with van der Waals surface area (Å²) in [6, 6.07) is 11.9. The molecule has 104 valence electrons. The highest BCUT2D eigenvalue weighted by atomic mass is 16.1. The van der Waals surface area contributed by atoms with Crippen LogP contribution in [0.15, 0.2) is 42.6 Å². The van der Waals surface area contributed by atoms with Gasteiger partial charge >= 0.3 is 0 Å². The Hall–Kier alpha value is -2.36. The first kappa shape index (κ1) is 14.1. The number of aromatic nitrogens is 1. The first-order valence-electron chi connectivity index (χ1n) is 6.73. The first-order chi connectivity index (χ1) is 9.70. The van der Waals surface area contributed by atoms with Crippen molar-refractivity contribution in [3.63, 3.8) is 0 Å². The van der Waals surface area contributed by atoms with Crippen molar-refractivity contribution in [3.05, 3.63) is 59.4 Å². The summed E-state index contributed by atoms with van der Waals surface area (Å²) in [7, 11) is 0. The Balaban J connectivity index is 2.05. The first-order valence-corrected chi connectivity index (χ1v) is 6.73. The smallest absolute Gasteiger partial charge is 0.269 e. The van der Waals surface area contributed by atoms with Gasteiger partial charge in [0.15, 0.2) is 0 Å². The summed E-state index contributed by atoms with van der Waals surface area (Å²) in [4.78, 5) is 15.8. The van der Waals surface area contributed by atoms with Gasteiger partial charge in [0.25, 0.3) is 5.91 Å². The van der Waals surface area contributed by atoms with Crippen molar-refractivity contribution in [1.82, 2.24) is 10.3 Å². The van der Waals surface area contributed by atoms with Gasteiger partial charge in [0.05, 0.1) is 0 Å². The fourth-order valence-electron chi connectivity index (χ4n) is 1.92. The van der Waals surface area contributed by atoms with Crippen LogP contribution in [0.25, 0.3) is 0 Å². The Morgan fingerprint density at radius 2 is 2.05 bits per heavy atom. The van der Waals surface area contributed by atoms with E-state index >= 15 is 0 Å². The van der Waals surface area contributed by atoms with Gasteiger partial charge in [-0.15, -0.1) is 0 Å². The highest BCUT2D eigenvalue weighted by molar-refractivity contribution is 5.93. The topological polar surface area (TPSA) is 54.0 Å². The summed E-state index contributed by atoms with van der Waals surface area (Å²) in [5.41, 5.74) is 3.81. The minimum atomic E-state index is -0.146. The molecular formula is C16H19N3O. The molecule has 0 spiro atoms. The van der Waals surface area contributed by atoms with E-state index in [1.165, 1.54) is 11.1 Å². The normalized spacial score (nSPS) is 10.1. The van der Waals surface area contributed by atoms with Gasteiger partial charge in [-0.3, -0.25) is 9.78 Å². The number of amides is 1. The summed E-state index contributed by atoms with van der Waals surface area (Å²) in [6.07, 6.45) is 1.64. The molecule has 0 atom stereocenters. The molecule has 4 heteroatoms. The van der Waals surface area contributed by atoms with Crippen LogP contribution < -0.4 is 10.6 Å². The van der Waals surface area contributed by atoms with E-state index in [-0.39, 0.29) is 5.91 Å². The van der Waals surface area contributed by atoms with Gasteiger partial charge in [0.2, 0.25) is 0 Å². The fraction of sp³-hybridized carbons (Fsp3) is 0.250. The highest BCUT2D eigenvalue weighted by Crippen LogP contribution is 2.12. The van der Waals surface area contributed by atoms with Gasteiger partial charge in [0.1, 0.15) is 5.69 Å². The predicted molar refractivity (Wildman–Crippen MR) is 80.7 cm³/mol. The third kappa shape index (κ3) is 3.57. The molecule has 0 saturated heterocycles. The van der Waals surface area contributed by atoms with Crippen LogP contribution in [0.3, 0.4) is 0 Å². The second-order valence-electron chi connectivity index (χ2n) is 4.57. The number of anilines is 1. The van der Waals surface area contributed by atoms with Crippen LogP contribution in [0, 0.1) is 6.92 Å². The minimum absolute atomic E-state index is 0.146. The molecule has 0 unspecified atom stereocenters. The lowest BCUT2D eigenvalue weighted by atomic mass is 10.1. The van der Waals surface area contributed by atoms with Gasteiger partial charge in [-0.1, -0.05) is 24.3 Å². The van der Waals surface area contributed by atoms with Crippen LogP contribution in [-0.2, 0) is 6.54 Å². The molecule has 0 aliphatic carbocycles. The van der Waals surface area contributed by atoms with E-state index in [1.54, 1.807) is 12.3 Å². The Bertz CT molecular complexity index is 596. The van der Waals surface area contributed by atoms with Crippen molar-refractivity contribution in [3.8, 4) is 0 Å². The minimum Gasteiger partial charge on any atom is -0.381 e. The number of carbonyl (C=O) groups is 1. The maximum Gasteiger partial charge on any atom is 0.269 e. The number of hydrogen-bond donors (Lipinski definition) is 2. The van der Waals surface area contributed by atoms with E-state index in [1.807, 2.05) is 25.1 Å². The Morgan fingerprint density at radius 1 is 1.25 bits per heavy atom. The zero-order chi connectivity index (χ0) is 14.4. The Morgan fingerprint density at radius 3 is 2.80 bits per heavy atom. The van der Waals surface area contributed by atoms with E-state index in [9.17, 15) is 4.79 Å². The molecule has 2 N–H and O–H groups in total. The monoisotopic (exact) mass is 269 g/mol. The molecule has 0 fully saturated rings. The van der Waals surface area contributed by atoms with Gasteiger partial charge < -0.3 is 10.6 Å². The third-order valence-corrected chi connectivity index (χ3v) is 3.07. The summed E-state index contributed by atoms with van der Waals surface area (Å²) >= 11 is 0. The maximum absolute atomic E-state index is 11.7. The number of nitrogens with one attached hydrogen (secondary N) is 2. The van der Waals surface area contributed by atoms with Crippen molar-refractivity contribution in [2.45, 2.75) is 20.4 Å². The van der Waals surface area contributed by atoms with Crippen molar-refractivity contribution in [1.29, 1.82) is 0 Å². The summed E-state index contributed by atoms with van der Waals surface area (Å²) in [6.45, 7) is 5.30. The van der Waals surface area contributed by atoms with Crippen LogP contribution in [0.2, 0.25) is 0 Å². The number of carbonyl (C=O) groups excluding carboxylic acids is 1. The average molecular weight is 269 g/mol. The SMILES string of the molecule is CCNC(=O)c1cc(NCc2ccccc2C)ccn1. The fourth-order valence-corrected chi connectivity index (χ4v) is 1.92. The van der Waals surface area contributed by atoms with Crippen LogP contribution in [-0.4, -0.2) is 17.4 Å². The molecule has 4 nitrogen and oxygen atoms in total. The predicted octanol–water partition coefficient (Wildman–Crippen LogP) is 2.75. The molecule has 1 heterocycles. The number of hydrogen-bond acceptors (Lipinski definition) is 3. The van der Waals surface area contributed by atoms with E-state index in [0.717, 1.165) is 12.2 Å². The quantitative estimate of drug-likeness (QED) is 0.877. The van der Waals surface area contributed by atoms with Crippen LogP contribution in [0.1, 0.15) is 28.5 Å². The van der Waals surface area contributed by atoms with Gasteiger partial charge in [-0.25, -0.2) is 0 Å².